The van der Waals surface area contributed by atoms with Crippen molar-refractivity contribution >= 4 is 28.5 Å². The Morgan fingerprint density at radius 1 is 0.258 bits per heavy atom. The van der Waals surface area contributed by atoms with E-state index in [1.807, 2.05) is 0 Å². The van der Waals surface area contributed by atoms with Gasteiger partial charge in [-0.05, 0) is 0 Å². The summed E-state index contributed by atoms with van der Waals surface area (Å²) in [5, 5.41) is 5.61. The number of hydrogen-bond acceptors (Lipinski definition) is 0. The van der Waals surface area contributed by atoms with Crippen LogP contribution in [-0.4, -0.2) is 0 Å². The van der Waals surface area contributed by atoms with E-state index in [1.54, 1.807) is 0 Å². The molecule has 0 aliphatic rings. The van der Waals surface area contributed by atoms with Crippen LogP contribution in [0.1, 0.15) is 0 Å². The quantitative estimate of drug-likeness (QED) is 0.322. The molecule has 0 radical (unpaired) electrons. The van der Waals surface area contributed by atoms with Crippen molar-refractivity contribution in [2.75, 3.05) is 0 Å². The van der Waals surface area contributed by atoms with Crippen LogP contribution >= 0.6 is 7.26 Å². The van der Waals surface area contributed by atoms with Crippen LogP contribution in [0.4, 0.5) is 0 Å². The van der Waals surface area contributed by atoms with Gasteiger partial charge in [0.05, 0.1) is 0 Å². The molecule has 5 aromatic rings. The van der Waals surface area contributed by atoms with Crippen molar-refractivity contribution in [3.63, 3.8) is 0 Å². The third-order valence-electron chi connectivity index (χ3n) is 6.05. The molecule has 0 fully saturated rings. The van der Waals surface area contributed by atoms with E-state index in [4.69, 9.17) is 0 Å². The minimum atomic E-state index is -2.42. The summed E-state index contributed by atoms with van der Waals surface area (Å²) in [5.74, 6) is 0. The Morgan fingerprint density at radius 3 is 0.935 bits per heavy atom. The molecule has 0 bridgehead atoms. The van der Waals surface area contributed by atoms with Crippen LogP contribution in [-0.2, 0) is 0 Å². The Hall–Kier alpha value is -3.47. The molecule has 0 saturated carbocycles. The van der Waals surface area contributed by atoms with Crippen LogP contribution in [0.15, 0.2) is 146 Å². The molecule has 0 atom stereocenters. The second-order valence-electron chi connectivity index (χ2n) is 7.79. The normalized spacial score (nSPS) is 11.7. The molecule has 0 heterocycles. The predicted octanol–water partition coefficient (Wildman–Crippen LogP) is 5.71. The molecule has 5 aromatic carbocycles. The molecular formula is C30H25P. The van der Waals surface area contributed by atoms with Crippen molar-refractivity contribution < 1.29 is 0 Å². The van der Waals surface area contributed by atoms with Gasteiger partial charge in [0.15, 0.2) is 0 Å². The van der Waals surface area contributed by atoms with Crippen molar-refractivity contribution in [1.29, 1.82) is 0 Å². The summed E-state index contributed by atoms with van der Waals surface area (Å²) in [6.45, 7) is 0. The summed E-state index contributed by atoms with van der Waals surface area (Å²) >= 11 is 0. The summed E-state index contributed by atoms with van der Waals surface area (Å²) in [6.07, 6.45) is 0. The number of benzene rings is 5. The van der Waals surface area contributed by atoms with Crippen molar-refractivity contribution in [1.82, 2.24) is 0 Å². The summed E-state index contributed by atoms with van der Waals surface area (Å²) in [4.78, 5) is 0. The molecule has 0 nitrogen and oxygen atoms in total. The molecule has 31 heavy (non-hydrogen) atoms. The van der Waals surface area contributed by atoms with E-state index in [0.29, 0.717) is 0 Å². The molecule has 0 N–H and O–H groups in total. The van der Waals surface area contributed by atoms with Crippen molar-refractivity contribution in [3.05, 3.63) is 146 Å². The van der Waals surface area contributed by atoms with Crippen LogP contribution in [0, 0.1) is 0 Å². The Balaban J connectivity index is 1.78. The van der Waals surface area contributed by atoms with E-state index in [0.717, 1.165) is 0 Å². The van der Waals surface area contributed by atoms with Crippen LogP contribution in [0.2, 0.25) is 0 Å². The van der Waals surface area contributed by atoms with Crippen LogP contribution in [0.3, 0.4) is 0 Å². The molecule has 150 valence electrons. The van der Waals surface area contributed by atoms with E-state index in [1.165, 1.54) is 32.3 Å². The van der Waals surface area contributed by atoms with E-state index < -0.39 is 7.26 Å². The van der Waals surface area contributed by atoms with Gasteiger partial charge in [-0.1, -0.05) is 0 Å². The maximum absolute atomic E-state index is 2.42. The monoisotopic (exact) mass is 416 g/mol. The van der Waals surface area contributed by atoms with Gasteiger partial charge in [0, 0.05) is 0 Å². The van der Waals surface area contributed by atoms with Gasteiger partial charge < -0.3 is 0 Å². The number of hydrogen-bond donors (Lipinski definition) is 0. The van der Waals surface area contributed by atoms with Gasteiger partial charge in [0.1, 0.15) is 0 Å². The zero-order valence-corrected chi connectivity index (χ0v) is 18.4. The van der Waals surface area contributed by atoms with Crippen molar-refractivity contribution in [2.45, 2.75) is 0 Å². The van der Waals surface area contributed by atoms with Crippen LogP contribution in [0.25, 0.3) is 11.1 Å². The summed E-state index contributed by atoms with van der Waals surface area (Å²) < 4.78 is 0. The maximum atomic E-state index is 2.35. The molecule has 0 saturated heterocycles. The first-order chi connectivity index (χ1) is 15.4. The first-order valence-corrected chi connectivity index (χ1v) is 12.7. The first kappa shape index (κ1) is 19.5. The third kappa shape index (κ3) is 3.61. The van der Waals surface area contributed by atoms with Gasteiger partial charge >= 0.3 is 185 Å². The average Bonchev–Trinajstić information content (AvgIpc) is 2.88. The van der Waals surface area contributed by atoms with E-state index >= 15 is 0 Å². The molecular weight excluding hydrogens is 391 g/mol. The summed E-state index contributed by atoms with van der Waals surface area (Å²) in [7, 11) is -2.42. The molecule has 0 unspecified atom stereocenters. The van der Waals surface area contributed by atoms with Gasteiger partial charge in [-0.15, -0.1) is 0 Å². The fourth-order valence-corrected chi connectivity index (χ4v) is 9.35. The van der Waals surface area contributed by atoms with Crippen LogP contribution in [0.5, 0.6) is 0 Å². The van der Waals surface area contributed by atoms with Crippen molar-refractivity contribution in [3.8, 4) is 11.1 Å². The SMILES string of the molecule is c1ccc(-c2ccc([PH](c3ccccc3)(c3ccccc3)c3ccccc3)cc2)cc1. The second-order valence-corrected chi connectivity index (χ2v) is 11.6. The van der Waals surface area contributed by atoms with E-state index in [-0.39, 0.29) is 0 Å². The number of rotatable bonds is 5. The minimum absolute atomic E-state index is 1.25. The second kappa shape index (κ2) is 8.72. The Labute approximate surface area is 185 Å². The van der Waals surface area contributed by atoms with Gasteiger partial charge in [0.25, 0.3) is 0 Å². The summed E-state index contributed by atoms with van der Waals surface area (Å²) in [5.41, 5.74) is 2.50. The van der Waals surface area contributed by atoms with Crippen LogP contribution < -0.4 is 21.2 Å². The van der Waals surface area contributed by atoms with E-state index in [9.17, 15) is 0 Å². The average molecular weight is 417 g/mol. The molecule has 1 heteroatoms. The topological polar surface area (TPSA) is 0 Å². The molecule has 0 spiro atoms. The zero-order chi connectivity index (χ0) is 20.9. The summed E-state index contributed by atoms with van der Waals surface area (Å²) in [6, 6.07) is 53.0. The Bertz CT molecular complexity index is 1130. The third-order valence-corrected chi connectivity index (χ3v) is 10.8. The molecule has 0 aliphatic heterocycles. The Kier molecular flexibility index (Phi) is 5.48. The van der Waals surface area contributed by atoms with Gasteiger partial charge in [-0.3, -0.25) is 0 Å². The van der Waals surface area contributed by atoms with Gasteiger partial charge in [0.2, 0.25) is 0 Å². The van der Waals surface area contributed by atoms with Crippen molar-refractivity contribution in [2.24, 2.45) is 0 Å². The fraction of sp³-hybridized carbons (Fsp3) is 0. The Morgan fingerprint density at radius 2 is 0.548 bits per heavy atom. The van der Waals surface area contributed by atoms with E-state index in [2.05, 4.69) is 146 Å². The standard InChI is InChI=1S/C30H25P/c1-5-13-25(14-6-1)26-21-23-30(24-22-26)31(27-15-7-2-8-16-27,28-17-9-3-10-18-28)29-19-11-4-12-20-29/h1-24,31H. The fourth-order valence-electron chi connectivity index (χ4n) is 4.61. The predicted molar refractivity (Wildman–Crippen MR) is 138 cm³/mol. The van der Waals surface area contributed by atoms with Gasteiger partial charge in [-0.2, -0.15) is 0 Å². The van der Waals surface area contributed by atoms with Gasteiger partial charge in [-0.25, -0.2) is 0 Å². The molecule has 0 aromatic heterocycles. The zero-order valence-electron chi connectivity index (χ0n) is 17.4. The molecule has 0 amide bonds. The first-order valence-electron chi connectivity index (χ1n) is 10.7. The molecule has 0 aliphatic carbocycles. The molecule has 5 rings (SSSR count).